The lowest BCUT2D eigenvalue weighted by Gasteiger charge is -2.14. The highest BCUT2D eigenvalue weighted by Gasteiger charge is 2.13. The molecule has 32 heavy (non-hydrogen) atoms. The Morgan fingerprint density at radius 3 is 2.50 bits per heavy atom. The van der Waals surface area contributed by atoms with E-state index in [1.54, 1.807) is 24.5 Å². The van der Waals surface area contributed by atoms with Crippen molar-refractivity contribution in [2.45, 2.75) is 20.5 Å². The van der Waals surface area contributed by atoms with Crippen LogP contribution >= 0.6 is 0 Å². The minimum absolute atomic E-state index is 0.0966. The summed E-state index contributed by atoms with van der Waals surface area (Å²) in [5.74, 6) is 2.90. The number of nitrogens with one attached hydrogen (secondary N) is 1. The number of aryl methyl sites for hydroxylation is 2. The Labute approximate surface area is 189 Å². The SMILES string of the molecule is Cc1cncc(C)c1COc1ccc(N)c(C(=N)c2cnc(N=S3CCOCC3)nc2)c1. The minimum atomic E-state index is -0.0966. The zero-order valence-electron chi connectivity index (χ0n) is 18.2. The van der Waals surface area contributed by atoms with Crippen molar-refractivity contribution < 1.29 is 9.47 Å². The van der Waals surface area contributed by atoms with Gasteiger partial charge in [-0.05, 0) is 48.7 Å². The molecule has 1 fully saturated rings. The van der Waals surface area contributed by atoms with Crippen LogP contribution in [-0.4, -0.2) is 45.4 Å². The molecule has 1 aromatic carbocycles. The maximum absolute atomic E-state index is 8.63. The highest BCUT2D eigenvalue weighted by Crippen LogP contribution is 2.24. The van der Waals surface area contributed by atoms with E-state index in [-0.39, 0.29) is 16.4 Å². The molecule has 1 aliphatic rings. The predicted octanol–water partition coefficient (Wildman–Crippen LogP) is 3.53. The summed E-state index contributed by atoms with van der Waals surface area (Å²) in [5, 5.41) is 8.63. The molecule has 8 nitrogen and oxygen atoms in total. The van der Waals surface area contributed by atoms with E-state index in [1.165, 1.54) is 0 Å². The van der Waals surface area contributed by atoms with Crippen LogP contribution < -0.4 is 10.5 Å². The topological polar surface area (TPSA) is 119 Å². The van der Waals surface area contributed by atoms with E-state index >= 15 is 0 Å². The molecule has 3 aromatic rings. The van der Waals surface area contributed by atoms with Crippen LogP contribution in [0.5, 0.6) is 5.75 Å². The van der Waals surface area contributed by atoms with Gasteiger partial charge in [-0.15, -0.1) is 0 Å². The van der Waals surface area contributed by atoms with Gasteiger partial charge in [-0.1, -0.05) is 10.7 Å². The highest BCUT2D eigenvalue weighted by atomic mass is 32.2. The summed E-state index contributed by atoms with van der Waals surface area (Å²) < 4.78 is 16.0. The Kier molecular flexibility index (Phi) is 6.87. The normalized spacial score (nSPS) is 14.2. The molecular weight excluding hydrogens is 424 g/mol. The molecule has 3 heterocycles. The van der Waals surface area contributed by atoms with Gasteiger partial charge >= 0.3 is 0 Å². The number of hydrogen-bond donors (Lipinski definition) is 2. The molecule has 0 atom stereocenters. The number of pyridine rings is 1. The van der Waals surface area contributed by atoms with Crippen LogP contribution in [0.15, 0.2) is 47.3 Å². The number of hydrogen-bond acceptors (Lipinski definition) is 8. The fourth-order valence-electron chi connectivity index (χ4n) is 3.33. The maximum atomic E-state index is 8.63. The minimum Gasteiger partial charge on any atom is -0.489 e. The number of anilines is 1. The Morgan fingerprint density at radius 2 is 1.81 bits per heavy atom. The lowest BCUT2D eigenvalue weighted by atomic mass is 10.0. The first-order chi connectivity index (χ1) is 15.5. The molecule has 166 valence electrons. The molecule has 3 N–H and O–H groups in total. The lowest BCUT2D eigenvalue weighted by molar-refractivity contribution is 0.160. The number of nitrogens with two attached hydrogens (primary N) is 1. The van der Waals surface area contributed by atoms with Crippen molar-refractivity contribution in [2.75, 3.05) is 30.5 Å². The van der Waals surface area contributed by atoms with E-state index in [0.29, 0.717) is 35.1 Å². The van der Waals surface area contributed by atoms with E-state index in [4.69, 9.17) is 20.6 Å². The van der Waals surface area contributed by atoms with Crippen LogP contribution in [0.1, 0.15) is 27.8 Å². The Balaban J connectivity index is 1.49. The maximum Gasteiger partial charge on any atom is 0.255 e. The van der Waals surface area contributed by atoms with Crippen molar-refractivity contribution in [1.82, 2.24) is 15.0 Å². The van der Waals surface area contributed by atoms with Crippen LogP contribution in [0.25, 0.3) is 0 Å². The largest absolute Gasteiger partial charge is 0.489 e. The molecule has 0 saturated carbocycles. The summed E-state index contributed by atoms with van der Waals surface area (Å²) in [6, 6.07) is 5.35. The fraction of sp³-hybridized carbons (Fsp3) is 0.304. The van der Waals surface area contributed by atoms with Gasteiger partial charge in [0.2, 0.25) is 0 Å². The van der Waals surface area contributed by atoms with Crippen molar-refractivity contribution in [3.8, 4) is 5.75 Å². The van der Waals surface area contributed by atoms with Crippen LogP contribution in [0.4, 0.5) is 11.6 Å². The molecule has 0 spiro atoms. The van der Waals surface area contributed by atoms with Crippen LogP contribution in [0, 0.1) is 19.3 Å². The quantitative estimate of drug-likeness (QED) is 0.438. The zero-order chi connectivity index (χ0) is 22.5. The fourth-order valence-corrected chi connectivity index (χ4v) is 4.66. The first kappa shape index (κ1) is 22.0. The van der Waals surface area contributed by atoms with Crippen LogP contribution in [0.2, 0.25) is 0 Å². The molecule has 2 aromatic heterocycles. The molecule has 0 radical (unpaired) electrons. The first-order valence-electron chi connectivity index (χ1n) is 10.3. The number of benzene rings is 1. The van der Waals surface area contributed by atoms with Gasteiger partial charge in [-0.25, -0.2) is 9.97 Å². The van der Waals surface area contributed by atoms with Crippen molar-refractivity contribution in [2.24, 2.45) is 4.36 Å². The summed E-state index contributed by atoms with van der Waals surface area (Å²) in [6.45, 7) is 5.91. The van der Waals surface area contributed by atoms with Crippen molar-refractivity contribution in [1.29, 1.82) is 5.41 Å². The third-order valence-electron chi connectivity index (χ3n) is 5.23. The lowest BCUT2D eigenvalue weighted by Crippen LogP contribution is -2.20. The predicted molar refractivity (Wildman–Crippen MR) is 127 cm³/mol. The molecule has 0 amide bonds. The summed E-state index contributed by atoms with van der Waals surface area (Å²) in [4.78, 5) is 12.9. The van der Waals surface area contributed by atoms with Gasteiger partial charge in [0.1, 0.15) is 12.4 Å². The second-order valence-corrected chi connectivity index (χ2v) is 9.43. The third kappa shape index (κ3) is 5.17. The van der Waals surface area contributed by atoms with Gasteiger partial charge in [-0.2, -0.15) is 4.36 Å². The number of nitrogen functional groups attached to an aromatic ring is 1. The van der Waals surface area contributed by atoms with E-state index in [0.717, 1.165) is 41.4 Å². The summed E-state index contributed by atoms with van der Waals surface area (Å²) >= 11 is 0. The Hall–Kier alpha value is -3.17. The van der Waals surface area contributed by atoms with Crippen molar-refractivity contribution in [3.63, 3.8) is 0 Å². The Bertz CT molecular complexity index is 1140. The molecule has 1 aliphatic heterocycles. The van der Waals surface area contributed by atoms with Crippen molar-refractivity contribution >= 4 is 28.0 Å². The Morgan fingerprint density at radius 1 is 1.12 bits per heavy atom. The third-order valence-corrected chi connectivity index (χ3v) is 6.93. The number of ether oxygens (including phenoxy) is 2. The molecule has 0 unspecified atom stereocenters. The first-order valence-corrected chi connectivity index (χ1v) is 11.8. The van der Waals surface area contributed by atoms with Gasteiger partial charge < -0.3 is 15.2 Å². The van der Waals surface area contributed by atoms with Gasteiger partial charge in [0.05, 0.1) is 18.9 Å². The number of nitrogens with zero attached hydrogens (tertiary/aromatic N) is 4. The molecule has 1 saturated heterocycles. The molecule has 0 bridgehead atoms. The van der Waals surface area contributed by atoms with Gasteiger partial charge in [0.25, 0.3) is 5.95 Å². The molecular formula is C23H26N6O2S. The van der Waals surface area contributed by atoms with Crippen molar-refractivity contribution in [3.05, 3.63) is 70.8 Å². The van der Waals surface area contributed by atoms with E-state index in [1.807, 2.05) is 32.3 Å². The molecule has 4 rings (SSSR count). The van der Waals surface area contributed by atoms with Gasteiger partial charge in [0.15, 0.2) is 0 Å². The number of aromatic nitrogens is 3. The standard InChI is InChI=1S/C23H26N6O2S/c1-15-10-26-11-16(2)20(15)14-31-18-3-4-21(24)19(9-18)22(25)17-12-27-23(28-13-17)29-32-7-5-30-6-8-32/h3-4,9-13,25H,5-8,14,24H2,1-2H3. The second kappa shape index (κ2) is 9.97. The van der Waals surface area contributed by atoms with Gasteiger partial charge in [0, 0.05) is 53.1 Å². The van der Waals surface area contributed by atoms with E-state index < -0.39 is 0 Å². The second-order valence-electron chi connectivity index (χ2n) is 7.51. The summed E-state index contributed by atoms with van der Waals surface area (Å²) in [5.41, 5.74) is 11.3. The highest BCUT2D eigenvalue weighted by molar-refractivity contribution is 7.87. The average molecular weight is 451 g/mol. The van der Waals surface area contributed by atoms with E-state index in [9.17, 15) is 0 Å². The van der Waals surface area contributed by atoms with Crippen LogP contribution in [-0.2, 0) is 22.0 Å². The molecule has 0 aliphatic carbocycles. The molecule has 9 heteroatoms. The summed E-state index contributed by atoms with van der Waals surface area (Å²) in [6.07, 6.45) is 6.89. The monoisotopic (exact) mass is 450 g/mol. The zero-order valence-corrected chi connectivity index (χ0v) is 19.0. The summed E-state index contributed by atoms with van der Waals surface area (Å²) in [7, 11) is -0.0966. The van der Waals surface area contributed by atoms with E-state index in [2.05, 4.69) is 19.3 Å². The van der Waals surface area contributed by atoms with Crippen LogP contribution in [0.3, 0.4) is 0 Å². The van der Waals surface area contributed by atoms with Gasteiger partial charge in [-0.3, -0.25) is 10.4 Å². The average Bonchev–Trinajstić information content (AvgIpc) is 2.80. The smallest absolute Gasteiger partial charge is 0.255 e. The number of rotatable bonds is 6.